The van der Waals surface area contributed by atoms with E-state index in [1.807, 2.05) is 4.90 Å². The van der Waals surface area contributed by atoms with Gasteiger partial charge in [-0.3, -0.25) is 4.79 Å². The van der Waals surface area contributed by atoms with E-state index in [2.05, 4.69) is 4.98 Å². The van der Waals surface area contributed by atoms with E-state index in [0.717, 1.165) is 24.8 Å². The molecule has 1 aromatic carbocycles. The van der Waals surface area contributed by atoms with Crippen molar-refractivity contribution < 1.29 is 13.9 Å². The number of methoxy groups -OCH3 is 1. The minimum atomic E-state index is -0.263. The van der Waals surface area contributed by atoms with Gasteiger partial charge in [0.05, 0.1) is 13.2 Å². The molecule has 0 aliphatic carbocycles. The number of rotatable bonds is 3. The SMILES string of the molecule is COc1cc(C(=O)N2CCCC[C@H]2c2ccc(F)cc2)ccn1. The monoisotopic (exact) mass is 314 g/mol. The summed E-state index contributed by atoms with van der Waals surface area (Å²) in [5.41, 5.74) is 1.53. The first-order valence-corrected chi connectivity index (χ1v) is 7.75. The average Bonchev–Trinajstić information content (AvgIpc) is 2.62. The maximum Gasteiger partial charge on any atom is 0.254 e. The molecule has 3 rings (SSSR count). The third-order valence-electron chi connectivity index (χ3n) is 4.21. The van der Waals surface area contributed by atoms with E-state index < -0.39 is 0 Å². The molecule has 0 N–H and O–H groups in total. The van der Waals surface area contributed by atoms with Gasteiger partial charge in [0.15, 0.2) is 0 Å². The van der Waals surface area contributed by atoms with Crippen LogP contribution in [0, 0.1) is 5.82 Å². The highest BCUT2D eigenvalue weighted by molar-refractivity contribution is 5.94. The molecule has 1 aliphatic heterocycles. The smallest absolute Gasteiger partial charge is 0.254 e. The van der Waals surface area contributed by atoms with Gasteiger partial charge in [-0.05, 0) is 43.0 Å². The fourth-order valence-corrected chi connectivity index (χ4v) is 3.03. The normalized spacial score (nSPS) is 17.8. The molecule has 0 bridgehead atoms. The highest BCUT2D eigenvalue weighted by Crippen LogP contribution is 2.32. The Kier molecular flexibility index (Phi) is 4.55. The number of ether oxygens (including phenoxy) is 1. The van der Waals surface area contributed by atoms with Crippen LogP contribution in [-0.2, 0) is 0 Å². The Labute approximate surface area is 134 Å². The summed E-state index contributed by atoms with van der Waals surface area (Å²) in [5.74, 6) is 0.118. The van der Waals surface area contributed by atoms with Crippen molar-refractivity contribution in [3.63, 3.8) is 0 Å². The van der Waals surface area contributed by atoms with E-state index in [9.17, 15) is 9.18 Å². The van der Waals surface area contributed by atoms with E-state index in [-0.39, 0.29) is 17.8 Å². The number of hydrogen-bond acceptors (Lipinski definition) is 3. The topological polar surface area (TPSA) is 42.4 Å². The van der Waals surface area contributed by atoms with Gasteiger partial charge in [-0.2, -0.15) is 0 Å². The fourth-order valence-electron chi connectivity index (χ4n) is 3.03. The lowest BCUT2D eigenvalue weighted by atomic mass is 9.94. The summed E-state index contributed by atoms with van der Waals surface area (Å²) in [6, 6.07) is 9.75. The number of nitrogens with zero attached hydrogens (tertiary/aromatic N) is 2. The zero-order chi connectivity index (χ0) is 16.2. The molecule has 1 fully saturated rings. The Hall–Kier alpha value is -2.43. The molecule has 2 aromatic rings. The van der Waals surface area contributed by atoms with Gasteiger partial charge in [-0.1, -0.05) is 12.1 Å². The highest BCUT2D eigenvalue weighted by atomic mass is 19.1. The van der Waals surface area contributed by atoms with Gasteiger partial charge in [0.2, 0.25) is 5.88 Å². The van der Waals surface area contributed by atoms with Crippen molar-refractivity contribution >= 4 is 5.91 Å². The van der Waals surface area contributed by atoms with Crippen LogP contribution in [-0.4, -0.2) is 29.4 Å². The lowest BCUT2D eigenvalue weighted by molar-refractivity contribution is 0.0611. The Morgan fingerprint density at radius 2 is 2.04 bits per heavy atom. The fraction of sp³-hybridized carbons (Fsp3) is 0.333. The van der Waals surface area contributed by atoms with Crippen LogP contribution in [0.4, 0.5) is 4.39 Å². The number of carbonyl (C=O) groups excluding carboxylic acids is 1. The summed E-state index contributed by atoms with van der Waals surface area (Å²) in [7, 11) is 1.53. The molecule has 0 unspecified atom stereocenters. The second kappa shape index (κ2) is 6.77. The lowest BCUT2D eigenvalue weighted by Crippen LogP contribution is -2.38. The van der Waals surface area contributed by atoms with Crippen molar-refractivity contribution in [1.82, 2.24) is 9.88 Å². The molecule has 1 atom stereocenters. The number of pyridine rings is 1. The molecule has 1 saturated heterocycles. The van der Waals surface area contributed by atoms with Gasteiger partial charge in [0.25, 0.3) is 5.91 Å². The molecule has 0 radical (unpaired) electrons. The molecule has 1 aromatic heterocycles. The molecular formula is C18H19FN2O2. The number of carbonyl (C=O) groups is 1. The number of aromatic nitrogens is 1. The number of likely N-dealkylation sites (tertiary alicyclic amines) is 1. The van der Waals surface area contributed by atoms with Crippen molar-refractivity contribution in [3.8, 4) is 5.88 Å². The summed E-state index contributed by atoms with van der Waals surface area (Å²) in [6.45, 7) is 0.700. The average molecular weight is 314 g/mol. The van der Waals surface area contributed by atoms with Gasteiger partial charge >= 0.3 is 0 Å². The first kappa shape index (κ1) is 15.5. The molecule has 0 spiro atoms. The molecule has 1 amide bonds. The Bertz CT molecular complexity index is 688. The first-order valence-electron chi connectivity index (χ1n) is 7.75. The third-order valence-corrected chi connectivity index (χ3v) is 4.21. The zero-order valence-electron chi connectivity index (χ0n) is 13.0. The molecule has 0 saturated carbocycles. The van der Waals surface area contributed by atoms with E-state index in [1.54, 1.807) is 30.5 Å². The predicted molar refractivity (Wildman–Crippen MR) is 84.8 cm³/mol. The second-order valence-corrected chi connectivity index (χ2v) is 5.65. The number of hydrogen-bond donors (Lipinski definition) is 0. The molecule has 23 heavy (non-hydrogen) atoms. The van der Waals surface area contributed by atoms with E-state index in [0.29, 0.717) is 18.0 Å². The van der Waals surface area contributed by atoms with Gasteiger partial charge < -0.3 is 9.64 Å². The minimum Gasteiger partial charge on any atom is -0.481 e. The Morgan fingerprint density at radius 1 is 1.26 bits per heavy atom. The molecule has 5 heteroatoms. The van der Waals surface area contributed by atoms with Crippen molar-refractivity contribution in [2.24, 2.45) is 0 Å². The standard InChI is InChI=1S/C18H19FN2O2/c1-23-17-12-14(9-10-20-17)18(22)21-11-3-2-4-16(21)13-5-7-15(19)8-6-13/h5-10,12,16H,2-4,11H2,1H3/t16-/m0/s1. The maximum absolute atomic E-state index is 13.2. The second-order valence-electron chi connectivity index (χ2n) is 5.65. The van der Waals surface area contributed by atoms with Crippen LogP contribution in [0.1, 0.15) is 41.2 Å². The summed E-state index contributed by atoms with van der Waals surface area (Å²) in [4.78, 5) is 18.8. The van der Waals surface area contributed by atoms with E-state index in [4.69, 9.17) is 4.74 Å². The van der Waals surface area contributed by atoms with Crippen molar-refractivity contribution in [3.05, 3.63) is 59.5 Å². The molecular weight excluding hydrogens is 295 g/mol. The summed E-state index contributed by atoms with van der Waals surface area (Å²) in [6.07, 6.45) is 4.50. The van der Waals surface area contributed by atoms with Crippen LogP contribution in [0.2, 0.25) is 0 Å². The maximum atomic E-state index is 13.2. The zero-order valence-corrected chi connectivity index (χ0v) is 13.0. The van der Waals surface area contributed by atoms with Gasteiger partial charge in [0.1, 0.15) is 5.82 Å². The van der Waals surface area contributed by atoms with E-state index in [1.165, 1.54) is 19.2 Å². The summed E-state index contributed by atoms with van der Waals surface area (Å²) < 4.78 is 18.3. The van der Waals surface area contributed by atoms with Crippen LogP contribution in [0.25, 0.3) is 0 Å². The quantitative estimate of drug-likeness (QED) is 0.869. The van der Waals surface area contributed by atoms with E-state index >= 15 is 0 Å². The predicted octanol–water partition coefficient (Wildman–Crippen LogP) is 3.60. The van der Waals surface area contributed by atoms with Gasteiger partial charge in [-0.15, -0.1) is 0 Å². The van der Waals surface area contributed by atoms with Crippen LogP contribution in [0.15, 0.2) is 42.6 Å². The summed E-state index contributed by atoms with van der Waals surface area (Å²) >= 11 is 0. The largest absolute Gasteiger partial charge is 0.481 e. The lowest BCUT2D eigenvalue weighted by Gasteiger charge is -2.36. The van der Waals surface area contributed by atoms with Gasteiger partial charge in [0, 0.05) is 24.4 Å². The highest BCUT2D eigenvalue weighted by Gasteiger charge is 2.28. The first-order chi connectivity index (χ1) is 11.2. The Balaban J connectivity index is 1.88. The number of amides is 1. The number of halogens is 1. The number of piperidine rings is 1. The van der Waals surface area contributed by atoms with Gasteiger partial charge in [-0.25, -0.2) is 9.37 Å². The minimum absolute atomic E-state index is 0.0176. The molecule has 2 heterocycles. The Morgan fingerprint density at radius 3 is 2.78 bits per heavy atom. The van der Waals surface area contributed by atoms with Crippen LogP contribution in [0.3, 0.4) is 0 Å². The van der Waals surface area contributed by atoms with Crippen LogP contribution in [0.5, 0.6) is 5.88 Å². The van der Waals surface area contributed by atoms with Crippen LogP contribution < -0.4 is 4.74 Å². The molecule has 1 aliphatic rings. The van der Waals surface area contributed by atoms with Crippen molar-refractivity contribution in [1.29, 1.82) is 0 Å². The van der Waals surface area contributed by atoms with Crippen molar-refractivity contribution in [2.75, 3.05) is 13.7 Å². The molecule has 120 valence electrons. The molecule has 4 nitrogen and oxygen atoms in total. The number of benzene rings is 1. The van der Waals surface area contributed by atoms with Crippen molar-refractivity contribution in [2.45, 2.75) is 25.3 Å². The van der Waals surface area contributed by atoms with Crippen LogP contribution >= 0.6 is 0 Å². The summed E-state index contributed by atoms with van der Waals surface area (Å²) in [5, 5.41) is 0. The third kappa shape index (κ3) is 3.33.